The van der Waals surface area contributed by atoms with Gasteiger partial charge in [0, 0.05) is 6.54 Å². The molecule has 3 heteroatoms. The Labute approximate surface area is 113 Å². The van der Waals surface area contributed by atoms with E-state index in [4.69, 9.17) is 5.11 Å². The summed E-state index contributed by atoms with van der Waals surface area (Å²) in [5.74, 6) is -0.828. The zero-order chi connectivity index (χ0) is 13.9. The van der Waals surface area contributed by atoms with E-state index < -0.39 is 11.5 Å². The van der Waals surface area contributed by atoms with Gasteiger partial charge < -0.3 is 10.4 Å². The van der Waals surface area contributed by atoms with Crippen molar-refractivity contribution in [3.05, 3.63) is 48.0 Å². The van der Waals surface area contributed by atoms with Gasteiger partial charge in [-0.25, -0.2) is 0 Å². The monoisotopic (exact) mass is 257 g/mol. The number of fused-ring (bicyclic) bond motifs is 1. The van der Waals surface area contributed by atoms with Gasteiger partial charge in [-0.15, -0.1) is 0 Å². The van der Waals surface area contributed by atoms with Gasteiger partial charge in [0.25, 0.3) is 0 Å². The number of carboxylic acid groups (broad SMARTS) is 1. The van der Waals surface area contributed by atoms with Crippen LogP contribution in [0.4, 0.5) is 0 Å². The second-order valence-electron chi connectivity index (χ2n) is 5.25. The molecular formula is C16H19NO2. The van der Waals surface area contributed by atoms with E-state index in [9.17, 15) is 4.79 Å². The molecule has 2 aromatic carbocycles. The fourth-order valence-corrected chi connectivity index (χ4v) is 2.10. The zero-order valence-corrected chi connectivity index (χ0v) is 11.3. The van der Waals surface area contributed by atoms with Gasteiger partial charge >= 0.3 is 5.97 Å². The molecule has 0 aliphatic carbocycles. The van der Waals surface area contributed by atoms with Gasteiger partial charge in [0.05, 0.1) is 0 Å². The molecule has 0 saturated carbocycles. The lowest BCUT2D eigenvalue weighted by Crippen LogP contribution is -2.47. The molecule has 0 unspecified atom stereocenters. The van der Waals surface area contributed by atoms with Crippen LogP contribution in [0, 0.1) is 0 Å². The molecular weight excluding hydrogens is 238 g/mol. The Kier molecular flexibility index (Phi) is 3.86. The van der Waals surface area contributed by atoms with Crippen molar-refractivity contribution in [1.29, 1.82) is 0 Å². The van der Waals surface area contributed by atoms with E-state index in [1.807, 2.05) is 18.2 Å². The molecule has 0 amide bonds. The highest BCUT2D eigenvalue weighted by Gasteiger charge is 2.25. The van der Waals surface area contributed by atoms with Crippen LogP contribution >= 0.6 is 0 Å². The Morgan fingerprint density at radius 2 is 1.84 bits per heavy atom. The van der Waals surface area contributed by atoms with Crippen molar-refractivity contribution in [2.45, 2.75) is 25.8 Å². The molecule has 0 aliphatic heterocycles. The molecule has 0 radical (unpaired) electrons. The Morgan fingerprint density at radius 1 is 1.16 bits per heavy atom. The highest BCUT2D eigenvalue weighted by Crippen LogP contribution is 2.18. The van der Waals surface area contributed by atoms with Gasteiger partial charge in [0.15, 0.2) is 0 Å². The first-order valence-corrected chi connectivity index (χ1v) is 6.46. The van der Waals surface area contributed by atoms with Crippen molar-refractivity contribution < 1.29 is 9.90 Å². The van der Waals surface area contributed by atoms with Crippen molar-refractivity contribution in [3.8, 4) is 0 Å². The van der Waals surface area contributed by atoms with E-state index in [1.54, 1.807) is 13.8 Å². The van der Waals surface area contributed by atoms with Crippen LogP contribution in [0.1, 0.15) is 19.4 Å². The average Bonchev–Trinajstić information content (AvgIpc) is 2.38. The van der Waals surface area contributed by atoms with E-state index in [2.05, 4.69) is 29.6 Å². The van der Waals surface area contributed by atoms with Gasteiger partial charge in [-0.3, -0.25) is 4.79 Å². The summed E-state index contributed by atoms with van der Waals surface area (Å²) in [6, 6.07) is 14.5. The lowest BCUT2D eigenvalue weighted by atomic mass is 10.0. The van der Waals surface area contributed by atoms with Crippen molar-refractivity contribution in [2.24, 2.45) is 0 Å². The summed E-state index contributed by atoms with van der Waals surface area (Å²) in [6.07, 6.45) is 0.818. The molecule has 100 valence electrons. The lowest BCUT2D eigenvalue weighted by Gasteiger charge is -2.21. The van der Waals surface area contributed by atoms with Crippen LogP contribution in [0.5, 0.6) is 0 Å². The molecule has 0 heterocycles. The first-order chi connectivity index (χ1) is 9.00. The fourth-order valence-electron chi connectivity index (χ4n) is 2.10. The van der Waals surface area contributed by atoms with Crippen molar-refractivity contribution >= 4 is 16.7 Å². The van der Waals surface area contributed by atoms with Gasteiger partial charge in [-0.1, -0.05) is 42.5 Å². The Bertz CT molecular complexity index is 585. The van der Waals surface area contributed by atoms with E-state index in [1.165, 1.54) is 16.3 Å². The third-order valence-electron chi connectivity index (χ3n) is 3.38. The molecule has 3 nitrogen and oxygen atoms in total. The van der Waals surface area contributed by atoms with Crippen LogP contribution < -0.4 is 5.32 Å². The molecule has 19 heavy (non-hydrogen) atoms. The molecule has 0 fully saturated rings. The first kappa shape index (κ1) is 13.6. The summed E-state index contributed by atoms with van der Waals surface area (Å²) in [4.78, 5) is 11.0. The SMILES string of the molecule is CC(C)(NCCc1cccc2ccccc12)C(=O)O. The average molecular weight is 257 g/mol. The normalized spacial score (nSPS) is 11.7. The second kappa shape index (κ2) is 5.41. The molecule has 0 saturated heterocycles. The van der Waals surface area contributed by atoms with Crippen LogP contribution in [0.3, 0.4) is 0 Å². The number of hydrogen-bond acceptors (Lipinski definition) is 2. The lowest BCUT2D eigenvalue weighted by molar-refractivity contribution is -0.143. The number of rotatable bonds is 5. The van der Waals surface area contributed by atoms with Gasteiger partial charge in [0.1, 0.15) is 5.54 Å². The fraction of sp³-hybridized carbons (Fsp3) is 0.312. The zero-order valence-electron chi connectivity index (χ0n) is 11.3. The van der Waals surface area contributed by atoms with Crippen LogP contribution in [0.25, 0.3) is 10.8 Å². The smallest absolute Gasteiger partial charge is 0.323 e. The minimum atomic E-state index is -0.884. The molecule has 0 bridgehead atoms. The number of carbonyl (C=O) groups is 1. The Hall–Kier alpha value is -1.87. The Morgan fingerprint density at radius 3 is 2.58 bits per heavy atom. The second-order valence-corrected chi connectivity index (χ2v) is 5.25. The summed E-state index contributed by atoms with van der Waals surface area (Å²) in [7, 11) is 0. The van der Waals surface area contributed by atoms with Crippen LogP contribution in [0.15, 0.2) is 42.5 Å². The molecule has 2 aromatic rings. The minimum absolute atomic E-state index is 0.646. The summed E-state index contributed by atoms with van der Waals surface area (Å²) >= 11 is 0. The highest BCUT2D eigenvalue weighted by atomic mass is 16.4. The summed E-state index contributed by atoms with van der Waals surface area (Å²) in [5, 5.41) is 14.6. The third kappa shape index (κ3) is 3.12. The van der Waals surface area contributed by atoms with Gasteiger partial charge in [-0.2, -0.15) is 0 Å². The molecule has 2 N–H and O–H groups in total. The summed E-state index contributed by atoms with van der Waals surface area (Å²) < 4.78 is 0. The Balaban J connectivity index is 2.09. The third-order valence-corrected chi connectivity index (χ3v) is 3.38. The number of aliphatic carboxylic acids is 1. The van der Waals surface area contributed by atoms with E-state index >= 15 is 0 Å². The predicted octanol–water partition coefficient (Wildman–Crippen LogP) is 2.84. The molecule has 0 aromatic heterocycles. The minimum Gasteiger partial charge on any atom is -0.480 e. The van der Waals surface area contributed by atoms with Crippen LogP contribution in [-0.4, -0.2) is 23.2 Å². The van der Waals surface area contributed by atoms with Crippen LogP contribution in [0.2, 0.25) is 0 Å². The van der Waals surface area contributed by atoms with Crippen LogP contribution in [-0.2, 0) is 11.2 Å². The first-order valence-electron chi connectivity index (χ1n) is 6.46. The molecule has 0 spiro atoms. The largest absolute Gasteiger partial charge is 0.480 e. The number of hydrogen-bond donors (Lipinski definition) is 2. The predicted molar refractivity (Wildman–Crippen MR) is 77.4 cm³/mol. The van der Waals surface area contributed by atoms with E-state index in [0.29, 0.717) is 6.54 Å². The summed E-state index contributed by atoms with van der Waals surface area (Å²) in [6.45, 7) is 4.00. The maximum Gasteiger partial charge on any atom is 0.323 e. The van der Waals surface area contributed by atoms with Gasteiger partial charge in [0.2, 0.25) is 0 Å². The van der Waals surface area contributed by atoms with Crippen molar-refractivity contribution in [1.82, 2.24) is 5.32 Å². The topological polar surface area (TPSA) is 49.3 Å². The summed E-state index contributed by atoms with van der Waals surface area (Å²) in [5.41, 5.74) is 0.358. The standard InChI is InChI=1S/C16H19NO2/c1-16(2,15(18)19)17-11-10-13-8-5-7-12-6-3-4-9-14(12)13/h3-9,17H,10-11H2,1-2H3,(H,18,19). The number of carboxylic acids is 1. The quantitative estimate of drug-likeness (QED) is 0.866. The highest BCUT2D eigenvalue weighted by molar-refractivity contribution is 5.85. The molecule has 0 atom stereocenters. The maximum absolute atomic E-state index is 11.0. The maximum atomic E-state index is 11.0. The van der Waals surface area contributed by atoms with E-state index in [-0.39, 0.29) is 0 Å². The number of nitrogens with one attached hydrogen (secondary N) is 1. The molecule has 0 aliphatic rings. The van der Waals surface area contributed by atoms with Gasteiger partial charge in [-0.05, 0) is 36.6 Å². The van der Waals surface area contributed by atoms with E-state index in [0.717, 1.165) is 6.42 Å². The van der Waals surface area contributed by atoms with Crippen molar-refractivity contribution in [2.75, 3.05) is 6.54 Å². The van der Waals surface area contributed by atoms with Crippen molar-refractivity contribution in [3.63, 3.8) is 0 Å². The number of benzene rings is 2. The molecule has 2 rings (SSSR count).